The number of amides is 2. The zero-order valence-electron chi connectivity index (χ0n) is 14.6. The van der Waals surface area contributed by atoms with Crippen LogP contribution in [0.2, 0.25) is 0 Å². The van der Waals surface area contributed by atoms with E-state index in [1.54, 1.807) is 17.0 Å². The van der Waals surface area contributed by atoms with Gasteiger partial charge in [0.15, 0.2) is 0 Å². The Morgan fingerprint density at radius 2 is 1.96 bits per heavy atom. The van der Waals surface area contributed by atoms with Crippen molar-refractivity contribution in [1.29, 1.82) is 0 Å². The molecule has 26 heavy (non-hydrogen) atoms. The lowest BCUT2D eigenvalue weighted by atomic mass is 10.0. The highest BCUT2D eigenvalue weighted by atomic mass is 19.1. The molecule has 1 unspecified atom stereocenters. The highest BCUT2D eigenvalue weighted by Crippen LogP contribution is 2.21. The quantitative estimate of drug-likeness (QED) is 0.816. The molecule has 7 nitrogen and oxygen atoms in total. The molecule has 1 aromatic rings. The molecule has 2 fully saturated rings. The van der Waals surface area contributed by atoms with Gasteiger partial charge < -0.3 is 25.0 Å². The normalized spacial score (nSPS) is 21.8. The largest absolute Gasteiger partial charge is 0.491 e. The number of rotatable bonds is 5. The minimum atomic E-state index is -0.317. The van der Waals surface area contributed by atoms with E-state index >= 15 is 0 Å². The van der Waals surface area contributed by atoms with Crippen molar-refractivity contribution in [3.63, 3.8) is 0 Å². The Bertz CT molecular complexity index is 632. The van der Waals surface area contributed by atoms with Crippen LogP contribution in [-0.4, -0.2) is 73.2 Å². The van der Waals surface area contributed by atoms with Crippen LogP contribution in [0.25, 0.3) is 0 Å². The smallest absolute Gasteiger partial charge is 0.248 e. The molecule has 2 heterocycles. The number of ether oxygens (including phenoxy) is 2. The van der Waals surface area contributed by atoms with Gasteiger partial charge in [0.2, 0.25) is 11.8 Å². The minimum Gasteiger partial charge on any atom is -0.491 e. The maximum atomic E-state index is 12.9. The molecule has 2 saturated heterocycles. The Morgan fingerprint density at radius 3 is 2.62 bits per heavy atom. The average Bonchev–Trinajstić information content (AvgIpc) is 2.68. The first kappa shape index (κ1) is 18.6. The monoisotopic (exact) mass is 365 g/mol. The number of carbonyl (C=O) groups is 2. The predicted molar refractivity (Wildman–Crippen MR) is 92.0 cm³/mol. The van der Waals surface area contributed by atoms with Gasteiger partial charge in [-0.25, -0.2) is 4.39 Å². The van der Waals surface area contributed by atoms with Crippen molar-refractivity contribution in [3.8, 4) is 5.75 Å². The summed E-state index contributed by atoms with van der Waals surface area (Å²) in [5.41, 5.74) is 5.40. The Labute approximate surface area is 151 Å². The number of nitrogens with two attached hydrogens (primary N) is 1. The molecule has 0 bridgehead atoms. The summed E-state index contributed by atoms with van der Waals surface area (Å²) >= 11 is 0. The topological polar surface area (TPSA) is 85.1 Å². The second-order valence-electron chi connectivity index (χ2n) is 6.56. The molecule has 2 aliphatic rings. The van der Waals surface area contributed by atoms with Crippen LogP contribution < -0.4 is 10.5 Å². The van der Waals surface area contributed by atoms with E-state index in [0.717, 1.165) is 12.8 Å². The molecule has 2 N–H and O–H groups in total. The van der Waals surface area contributed by atoms with Crippen LogP contribution in [0.15, 0.2) is 24.3 Å². The summed E-state index contributed by atoms with van der Waals surface area (Å²) in [6, 6.07) is 5.89. The van der Waals surface area contributed by atoms with E-state index in [2.05, 4.69) is 0 Å². The van der Waals surface area contributed by atoms with E-state index in [9.17, 15) is 14.0 Å². The predicted octanol–water partition coefficient (Wildman–Crippen LogP) is 0.382. The van der Waals surface area contributed by atoms with Crippen LogP contribution in [-0.2, 0) is 14.3 Å². The molecular formula is C18H24FN3O4. The lowest BCUT2D eigenvalue weighted by Crippen LogP contribution is -2.56. The molecule has 3 rings (SSSR count). The van der Waals surface area contributed by atoms with Gasteiger partial charge in [-0.3, -0.25) is 9.59 Å². The fourth-order valence-corrected chi connectivity index (χ4v) is 3.38. The fourth-order valence-electron chi connectivity index (χ4n) is 3.38. The van der Waals surface area contributed by atoms with E-state index in [1.807, 2.05) is 4.90 Å². The Morgan fingerprint density at radius 1 is 1.27 bits per heavy atom. The van der Waals surface area contributed by atoms with Crippen molar-refractivity contribution in [2.24, 2.45) is 5.73 Å². The van der Waals surface area contributed by atoms with Crippen molar-refractivity contribution in [3.05, 3.63) is 30.1 Å². The van der Waals surface area contributed by atoms with E-state index < -0.39 is 0 Å². The van der Waals surface area contributed by atoms with Crippen molar-refractivity contribution >= 4 is 11.8 Å². The molecule has 0 radical (unpaired) electrons. The van der Waals surface area contributed by atoms with Crippen LogP contribution in [0.5, 0.6) is 5.75 Å². The molecule has 1 aromatic carbocycles. The molecule has 0 aromatic heterocycles. The molecule has 0 spiro atoms. The summed E-state index contributed by atoms with van der Waals surface area (Å²) in [5.74, 6) is 0.156. The summed E-state index contributed by atoms with van der Waals surface area (Å²) in [6.07, 6.45) is 1.24. The third-order valence-electron chi connectivity index (χ3n) is 4.85. The number of hydrogen-bond donors (Lipinski definition) is 1. The SMILES string of the molecule is NCC(=O)N1CCC(N2CC(COc3ccc(F)cc3)OCC2=O)CC1. The van der Waals surface area contributed by atoms with Gasteiger partial charge in [-0.1, -0.05) is 0 Å². The average molecular weight is 365 g/mol. The first-order valence-corrected chi connectivity index (χ1v) is 8.84. The molecule has 2 aliphatic heterocycles. The Hall–Kier alpha value is -2.19. The third kappa shape index (κ3) is 4.50. The van der Waals surface area contributed by atoms with E-state index in [1.165, 1.54) is 12.1 Å². The van der Waals surface area contributed by atoms with Crippen molar-refractivity contribution in [1.82, 2.24) is 9.80 Å². The highest BCUT2D eigenvalue weighted by Gasteiger charge is 2.34. The van der Waals surface area contributed by atoms with Gasteiger partial charge in [-0.2, -0.15) is 0 Å². The van der Waals surface area contributed by atoms with Gasteiger partial charge in [0.25, 0.3) is 0 Å². The number of morpholine rings is 1. The van der Waals surface area contributed by atoms with Gasteiger partial charge in [0.1, 0.15) is 30.9 Å². The van der Waals surface area contributed by atoms with Crippen LogP contribution >= 0.6 is 0 Å². The van der Waals surface area contributed by atoms with Gasteiger partial charge in [0, 0.05) is 19.1 Å². The van der Waals surface area contributed by atoms with Crippen LogP contribution in [0, 0.1) is 5.82 Å². The van der Waals surface area contributed by atoms with Crippen molar-refractivity contribution < 1.29 is 23.5 Å². The van der Waals surface area contributed by atoms with Gasteiger partial charge in [0.05, 0.1) is 13.1 Å². The number of hydrogen-bond acceptors (Lipinski definition) is 5. The van der Waals surface area contributed by atoms with Crippen LogP contribution in [0.3, 0.4) is 0 Å². The van der Waals surface area contributed by atoms with Crippen molar-refractivity contribution in [2.75, 3.05) is 39.4 Å². The first-order valence-electron chi connectivity index (χ1n) is 8.84. The molecule has 0 aliphatic carbocycles. The molecular weight excluding hydrogens is 341 g/mol. The number of halogens is 1. The highest BCUT2D eigenvalue weighted by molar-refractivity contribution is 5.79. The van der Waals surface area contributed by atoms with Gasteiger partial charge in [-0.15, -0.1) is 0 Å². The van der Waals surface area contributed by atoms with Gasteiger partial charge >= 0.3 is 0 Å². The molecule has 1 atom stereocenters. The number of nitrogens with zero attached hydrogens (tertiary/aromatic N) is 2. The molecule has 8 heteroatoms. The summed E-state index contributed by atoms with van der Waals surface area (Å²) in [5, 5.41) is 0. The summed E-state index contributed by atoms with van der Waals surface area (Å²) in [7, 11) is 0. The number of benzene rings is 1. The lowest BCUT2D eigenvalue weighted by Gasteiger charge is -2.42. The fraction of sp³-hybridized carbons (Fsp3) is 0.556. The van der Waals surface area contributed by atoms with Crippen molar-refractivity contribution in [2.45, 2.75) is 25.0 Å². The second kappa shape index (κ2) is 8.46. The number of likely N-dealkylation sites (tertiary alicyclic amines) is 1. The summed E-state index contributed by atoms with van der Waals surface area (Å²) in [6.45, 7) is 2.02. The first-order chi connectivity index (χ1) is 12.6. The maximum Gasteiger partial charge on any atom is 0.248 e. The van der Waals surface area contributed by atoms with E-state index in [-0.39, 0.29) is 42.9 Å². The number of carbonyl (C=O) groups excluding carboxylic acids is 2. The summed E-state index contributed by atoms with van der Waals surface area (Å²) in [4.78, 5) is 27.5. The van der Waals surface area contributed by atoms with E-state index in [0.29, 0.717) is 32.0 Å². The van der Waals surface area contributed by atoms with Gasteiger partial charge in [-0.05, 0) is 37.1 Å². The summed E-state index contributed by atoms with van der Waals surface area (Å²) < 4.78 is 24.1. The molecule has 2 amide bonds. The standard InChI is InChI=1S/C18H24FN3O4/c19-13-1-3-15(4-2-13)25-11-16-10-22(18(24)12-26-16)14-5-7-21(8-6-14)17(23)9-20/h1-4,14,16H,5-12,20H2. The number of piperidine rings is 1. The van der Waals surface area contributed by atoms with Crippen LogP contribution in [0.1, 0.15) is 12.8 Å². The zero-order chi connectivity index (χ0) is 18.5. The Balaban J connectivity index is 1.51. The molecule has 0 saturated carbocycles. The Kier molecular flexibility index (Phi) is 6.05. The lowest BCUT2D eigenvalue weighted by molar-refractivity contribution is -0.155. The minimum absolute atomic E-state index is 0.0178. The van der Waals surface area contributed by atoms with Crippen LogP contribution in [0.4, 0.5) is 4.39 Å². The second-order valence-corrected chi connectivity index (χ2v) is 6.56. The van der Waals surface area contributed by atoms with E-state index in [4.69, 9.17) is 15.2 Å². The zero-order valence-corrected chi connectivity index (χ0v) is 14.6. The third-order valence-corrected chi connectivity index (χ3v) is 4.85. The molecule has 142 valence electrons. The maximum absolute atomic E-state index is 12.9.